The molecule has 0 bridgehead atoms. The van der Waals surface area contributed by atoms with E-state index in [0.717, 1.165) is 38.2 Å². The molecular weight excluding hydrogens is 230 g/mol. The van der Waals surface area contributed by atoms with Crippen LogP contribution in [0.3, 0.4) is 0 Å². The molecule has 18 heavy (non-hydrogen) atoms. The number of anilines is 3. The van der Waals surface area contributed by atoms with Gasteiger partial charge in [0.15, 0.2) is 0 Å². The zero-order valence-corrected chi connectivity index (χ0v) is 11.0. The lowest BCUT2D eigenvalue weighted by Gasteiger charge is -2.23. The standard InChI is InChI=1S/C12H21N5O/c1-12(18)4-3-6-17(7-5-12)10-8-9(14-2)15-11(13)16-10/h8,18H,3-7H2,1-2H3,(H3,13,14,15,16). The number of nitrogens with two attached hydrogens (primary N) is 1. The summed E-state index contributed by atoms with van der Waals surface area (Å²) in [7, 11) is 1.80. The molecule has 100 valence electrons. The number of nitrogens with zero attached hydrogens (tertiary/aromatic N) is 3. The Morgan fingerprint density at radius 1 is 1.39 bits per heavy atom. The second-order valence-corrected chi connectivity index (χ2v) is 5.06. The molecule has 1 aliphatic rings. The maximum absolute atomic E-state index is 10.1. The van der Waals surface area contributed by atoms with Crippen molar-refractivity contribution in [3.05, 3.63) is 6.07 Å². The van der Waals surface area contributed by atoms with Crippen LogP contribution in [-0.4, -0.2) is 40.8 Å². The van der Waals surface area contributed by atoms with Gasteiger partial charge >= 0.3 is 0 Å². The van der Waals surface area contributed by atoms with E-state index in [1.54, 1.807) is 7.05 Å². The zero-order valence-electron chi connectivity index (χ0n) is 11.0. The SMILES string of the molecule is CNc1cc(N2CCCC(C)(O)CC2)nc(N)n1. The van der Waals surface area contributed by atoms with E-state index in [9.17, 15) is 5.11 Å². The molecular formula is C12H21N5O. The second kappa shape index (κ2) is 4.97. The van der Waals surface area contributed by atoms with E-state index in [0.29, 0.717) is 5.82 Å². The van der Waals surface area contributed by atoms with Gasteiger partial charge in [-0.05, 0) is 26.2 Å². The summed E-state index contributed by atoms with van der Waals surface area (Å²) in [5.74, 6) is 1.81. The lowest BCUT2D eigenvalue weighted by molar-refractivity contribution is 0.0481. The van der Waals surface area contributed by atoms with Crippen molar-refractivity contribution in [1.29, 1.82) is 0 Å². The van der Waals surface area contributed by atoms with Crippen LogP contribution in [0.15, 0.2) is 6.07 Å². The molecule has 1 aromatic heterocycles. The molecule has 0 aliphatic carbocycles. The number of aromatic nitrogens is 2. The fourth-order valence-electron chi connectivity index (χ4n) is 2.24. The zero-order chi connectivity index (χ0) is 13.2. The summed E-state index contributed by atoms with van der Waals surface area (Å²) < 4.78 is 0. The predicted molar refractivity (Wildman–Crippen MR) is 72.7 cm³/mol. The molecule has 2 rings (SSSR count). The molecule has 1 aliphatic heterocycles. The summed E-state index contributed by atoms with van der Waals surface area (Å²) in [6.07, 6.45) is 2.51. The summed E-state index contributed by atoms with van der Waals surface area (Å²) in [4.78, 5) is 10.5. The Balaban J connectivity index is 2.18. The normalized spacial score (nSPS) is 24.7. The van der Waals surface area contributed by atoms with Crippen LogP contribution in [0.2, 0.25) is 0 Å². The van der Waals surface area contributed by atoms with E-state index in [4.69, 9.17) is 5.73 Å². The Bertz CT molecular complexity index is 421. The van der Waals surface area contributed by atoms with Crippen molar-refractivity contribution in [2.75, 3.05) is 36.1 Å². The quantitative estimate of drug-likeness (QED) is 0.722. The third-order valence-electron chi connectivity index (χ3n) is 3.37. The Labute approximate surface area is 107 Å². The molecule has 4 N–H and O–H groups in total. The molecule has 1 atom stereocenters. The molecule has 0 spiro atoms. The van der Waals surface area contributed by atoms with Gasteiger partial charge in [0.25, 0.3) is 0 Å². The number of hydrogen-bond donors (Lipinski definition) is 3. The van der Waals surface area contributed by atoms with Crippen LogP contribution in [0.1, 0.15) is 26.2 Å². The largest absolute Gasteiger partial charge is 0.390 e. The molecule has 1 fully saturated rings. The third kappa shape index (κ3) is 3.01. The average Bonchev–Trinajstić information content (AvgIpc) is 2.49. The van der Waals surface area contributed by atoms with Gasteiger partial charge < -0.3 is 21.1 Å². The van der Waals surface area contributed by atoms with Crippen molar-refractivity contribution < 1.29 is 5.11 Å². The van der Waals surface area contributed by atoms with Gasteiger partial charge in [0.2, 0.25) is 5.95 Å². The van der Waals surface area contributed by atoms with Crippen molar-refractivity contribution in [3.8, 4) is 0 Å². The van der Waals surface area contributed by atoms with Crippen LogP contribution in [0.25, 0.3) is 0 Å². The van der Waals surface area contributed by atoms with Crippen molar-refractivity contribution >= 4 is 17.6 Å². The first-order chi connectivity index (χ1) is 8.50. The smallest absolute Gasteiger partial charge is 0.223 e. The summed E-state index contributed by atoms with van der Waals surface area (Å²) >= 11 is 0. The first-order valence-electron chi connectivity index (χ1n) is 6.30. The molecule has 1 aromatic rings. The van der Waals surface area contributed by atoms with E-state index in [1.807, 2.05) is 13.0 Å². The number of nitrogen functional groups attached to an aromatic ring is 1. The summed E-state index contributed by atoms with van der Waals surface area (Å²) in [5, 5.41) is 13.1. The molecule has 0 radical (unpaired) electrons. The highest BCUT2D eigenvalue weighted by Gasteiger charge is 2.25. The summed E-state index contributed by atoms with van der Waals surface area (Å²) in [5.41, 5.74) is 5.13. The van der Waals surface area contributed by atoms with E-state index >= 15 is 0 Å². The minimum absolute atomic E-state index is 0.271. The molecule has 1 saturated heterocycles. The van der Waals surface area contributed by atoms with Gasteiger partial charge in [0.1, 0.15) is 11.6 Å². The topological polar surface area (TPSA) is 87.3 Å². The highest BCUT2D eigenvalue weighted by atomic mass is 16.3. The van der Waals surface area contributed by atoms with Crippen molar-refractivity contribution in [3.63, 3.8) is 0 Å². The lowest BCUT2D eigenvalue weighted by Crippen LogP contribution is -2.29. The monoisotopic (exact) mass is 251 g/mol. The van der Waals surface area contributed by atoms with E-state index in [2.05, 4.69) is 20.2 Å². The minimum Gasteiger partial charge on any atom is -0.390 e. The minimum atomic E-state index is -0.570. The second-order valence-electron chi connectivity index (χ2n) is 5.06. The molecule has 0 aromatic carbocycles. The van der Waals surface area contributed by atoms with Gasteiger partial charge in [-0.1, -0.05) is 0 Å². The third-order valence-corrected chi connectivity index (χ3v) is 3.37. The first-order valence-corrected chi connectivity index (χ1v) is 6.30. The van der Waals surface area contributed by atoms with Crippen LogP contribution in [0.4, 0.5) is 17.6 Å². The van der Waals surface area contributed by atoms with E-state index < -0.39 is 5.60 Å². The first kappa shape index (κ1) is 12.9. The highest BCUT2D eigenvalue weighted by molar-refractivity contribution is 5.52. The van der Waals surface area contributed by atoms with Gasteiger partial charge in [0.05, 0.1) is 5.60 Å². The molecule has 0 saturated carbocycles. The molecule has 6 nitrogen and oxygen atoms in total. The number of aliphatic hydroxyl groups is 1. The number of hydrogen-bond acceptors (Lipinski definition) is 6. The van der Waals surface area contributed by atoms with Gasteiger partial charge in [-0.25, -0.2) is 0 Å². The van der Waals surface area contributed by atoms with Gasteiger partial charge in [-0.15, -0.1) is 0 Å². The predicted octanol–water partition coefficient (Wildman–Crippen LogP) is 0.842. The van der Waals surface area contributed by atoms with Crippen molar-refractivity contribution in [1.82, 2.24) is 9.97 Å². The number of nitrogens with one attached hydrogen (secondary N) is 1. The van der Waals surface area contributed by atoms with E-state index in [-0.39, 0.29) is 5.95 Å². The molecule has 0 amide bonds. The fraction of sp³-hybridized carbons (Fsp3) is 0.667. The molecule has 1 unspecified atom stereocenters. The Morgan fingerprint density at radius 3 is 2.89 bits per heavy atom. The fourth-order valence-corrected chi connectivity index (χ4v) is 2.24. The van der Waals surface area contributed by atoms with E-state index in [1.165, 1.54) is 0 Å². The van der Waals surface area contributed by atoms with Crippen LogP contribution in [0.5, 0.6) is 0 Å². The maximum Gasteiger partial charge on any atom is 0.223 e. The Kier molecular flexibility index (Phi) is 3.56. The Hall–Kier alpha value is -1.56. The molecule has 2 heterocycles. The molecule has 6 heteroatoms. The van der Waals surface area contributed by atoms with Crippen LogP contribution in [-0.2, 0) is 0 Å². The maximum atomic E-state index is 10.1. The van der Waals surface area contributed by atoms with Gasteiger partial charge in [0, 0.05) is 26.2 Å². The van der Waals surface area contributed by atoms with Gasteiger partial charge in [-0.3, -0.25) is 0 Å². The number of rotatable bonds is 2. The summed E-state index contributed by atoms with van der Waals surface area (Å²) in [6, 6.07) is 1.89. The van der Waals surface area contributed by atoms with Crippen LogP contribution < -0.4 is 16.0 Å². The van der Waals surface area contributed by atoms with Crippen LogP contribution in [0, 0.1) is 0 Å². The lowest BCUT2D eigenvalue weighted by atomic mass is 9.98. The van der Waals surface area contributed by atoms with Crippen molar-refractivity contribution in [2.45, 2.75) is 31.8 Å². The van der Waals surface area contributed by atoms with Gasteiger partial charge in [-0.2, -0.15) is 9.97 Å². The van der Waals surface area contributed by atoms with Crippen molar-refractivity contribution in [2.24, 2.45) is 0 Å². The average molecular weight is 251 g/mol. The van der Waals surface area contributed by atoms with Crippen LogP contribution >= 0.6 is 0 Å². The summed E-state index contributed by atoms with van der Waals surface area (Å²) in [6.45, 7) is 3.56. The highest BCUT2D eigenvalue weighted by Crippen LogP contribution is 2.25. The Morgan fingerprint density at radius 2 is 2.17 bits per heavy atom.